The van der Waals surface area contributed by atoms with E-state index in [4.69, 9.17) is 5.73 Å². The molecule has 1 unspecified atom stereocenters. The van der Waals surface area contributed by atoms with Crippen LogP contribution in [0.15, 0.2) is 30.3 Å². The SMILES string of the molecule is CC(CN)(NC(=O)CCN1CCN(c2ccccc2)CC1)C1CC1. The van der Waals surface area contributed by atoms with Gasteiger partial charge in [0.05, 0.1) is 5.54 Å². The normalized spacial score (nSPS) is 21.3. The number of rotatable bonds is 7. The Hall–Kier alpha value is -1.59. The van der Waals surface area contributed by atoms with E-state index in [1.54, 1.807) is 0 Å². The molecule has 1 aromatic rings. The Bertz CT molecular complexity index is 538. The molecule has 1 aliphatic carbocycles. The molecule has 1 aliphatic heterocycles. The van der Waals surface area contributed by atoms with Crippen LogP contribution in [-0.4, -0.2) is 55.6 Å². The third-order valence-electron chi connectivity index (χ3n) is 5.48. The molecule has 5 heteroatoms. The molecule has 0 spiro atoms. The van der Waals surface area contributed by atoms with E-state index in [2.05, 4.69) is 52.4 Å². The molecule has 2 aliphatic rings. The molecule has 1 saturated heterocycles. The number of benzene rings is 1. The summed E-state index contributed by atoms with van der Waals surface area (Å²) in [6.45, 7) is 7.51. The maximum atomic E-state index is 12.3. The van der Waals surface area contributed by atoms with Crippen molar-refractivity contribution in [2.45, 2.75) is 31.7 Å². The Kier molecular flexibility index (Phi) is 5.41. The Morgan fingerprint density at radius 1 is 1.21 bits per heavy atom. The second-order valence-corrected chi connectivity index (χ2v) is 7.36. The molecule has 24 heavy (non-hydrogen) atoms. The lowest BCUT2D eigenvalue weighted by Crippen LogP contribution is -2.54. The summed E-state index contributed by atoms with van der Waals surface area (Å²) in [6.07, 6.45) is 2.94. The highest BCUT2D eigenvalue weighted by Gasteiger charge is 2.41. The lowest BCUT2D eigenvalue weighted by Gasteiger charge is -2.36. The third-order valence-corrected chi connectivity index (χ3v) is 5.48. The zero-order valence-corrected chi connectivity index (χ0v) is 14.7. The van der Waals surface area contributed by atoms with Crippen LogP contribution in [0.3, 0.4) is 0 Å². The van der Waals surface area contributed by atoms with Crippen LogP contribution in [0.25, 0.3) is 0 Å². The highest BCUT2D eigenvalue weighted by molar-refractivity contribution is 5.77. The Morgan fingerprint density at radius 2 is 1.88 bits per heavy atom. The standard InChI is InChI=1S/C19H30N4O/c1-19(15-20,16-7-8-16)21-18(24)9-10-22-11-13-23(14-12-22)17-5-3-2-4-6-17/h2-6,16H,7-15,20H2,1H3,(H,21,24). The second kappa shape index (κ2) is 7.53. The summed E-state index contributed by atoms with van der Waals surface area (Å²) >= 11 is 0. The average Bonchev–Trinajstić information content (AvgIpc) is 3.47. The van der Waals surface area contributed by atoms with E-state index in [1.807, 2.05) is 0 Å². The lowest BCUT2D eigenvalue weighted by molar-refractivity contribution is -0.123. The predicted molar refractivity (Wildman–Crippen MR) is 98.0 cm³/mol. The summed E-state index contributed by atoms with van der Waals surface area (Å²) in [4.78, 5) is 17.1. The first kappa shape index (κ1) is 17.2. The largest absolute Gasteiger partial charge is 0.369 e. The van der Waals surface area contributed by atoms with Gasteiger partial charge in [-0.3, -0.25) is 9.69 Å². The summed E-state index contributed by atoms with van der Waals surface area (Å²) in [5.74, 6) is 0.709. The van der Waals surface area contributed by atoms with Crippen LogP contribution in [0, 0.1) is 5.92 Å². The third kappa shape index (κ3) is 4.28. The van der Waals surface area contributed by atoms with Crippen molar-refractivity contribution in [1.82, 2.24) is 10.2 Å². The molecule has 1 amide bonds. The number of hydrogen-bond acceptors (Lipinski definition) is 4. The molecule has 1 aromatic carbocycles. The van der Waals surface area contributed by atoms with Crippen LogP contribution >= 0.6 is 0 Å². The Balaban J connectivity index is 1.39. The summed E-state index contributed by atoms with van der Waals surface area (Å²) in [5, 5.41) is 3.18. The molecule has 0 aromatic heterocycles. The number of para-hydroxylation sites is 1. The maximum Gasteiger partial charge on any atom is 0.221 e. The number of nitrogens with zero attached hydrogens (tertiary/aromatic N) is 2. The van der Waals surface area contributed by atoms with E-state index in [0.717, 1.165) is 32.7 Å². The van der Waals surface area contributed by atoms with Crippen molar-refractivity contribution in [3.63, 3.8) is 0 Å². The number of carbonyl (C=O) groups excluding carboxylic acids is 1. The summed E-state index contributed by atoms with van der Waals surface area (Å²) in [7, 11) is 0. The van der Waals surface area contributed by atoms with Crippen molar-refractivity contribution >= 4 is 11.6 Å². The molecule has 5 nitrogen and oxygen atoms in total. The highest BCUT2D eigenvalue weighted by atomic mass is 16.1. The first-order valence-electron chi connectivity index (χ1n) is 9.14. The summed E-state index contributed by atoms with van der Waals surface area (Å²) in [5.41, 5.74) is 6.96. The van der Waals surface area contributed by atoms with Crippen molar-refractivity contribution in [2.75, 3.05) is 44.2 Å². The smallest absolute Gasteiger partial charge is 0.221 e. The van der Waals surface area contributed by atoms with Gasteiger partial charge in [-0.25, -0.2) is 0 Å². The number of piperazine rings is 1. The van der Waals surface area contributed by atoms with Crippen molar-refractivity contribution in [1.29, 1.82) is 0 Å². The number of hydrogen-bond donors (Lipinski definition) is 2. The van der Waals surface area contributed by atoms with Crippen molar-refractivity contribution in [3.05, 3.63) is 30.3 Å². The van der Waals surface area contributed by atoms with Crippen LogP contribution in [-0.2, 0) is 4.79 Å². The molecule has 2 fully saturated rings. The molecular formula is C19H30N4O. The molecule has 0 bridgehead atoms. The minimum absolute atomic E-state index is 0.139. The minimum atomic E-state index is -0.205. The van der Waals surface area contributed by atoms with Gasteiger partial charge in [0.15, 0.2) is 0 Å². The van der Waals surface area contributed by atoms with Gasteiger partial charge >= 0.3 is 0 Å². The molecule has 3 N–H and O–H groups in total. The molecule has 1 heterocycles. The van der Waals surface area contributed by atoms with Gasteiger partial charge in [0.2, 0.25) is 5.91 Å². The van der Waals surface area contributed by atoms with E-state index in [0.29, 0.717) is 18.9 Å². The van der Waals surface area contributed by atoms with Gasteiger partial charge in [0, 0.05) is 51.4 Å². The van der Waals surface area contributed by atoms with Crippen LogP contribution in [0.4, 0.5) is 5.69 Å². The van der Waals surface area contributed by atoms with E-state index in [1.165, 1.54) is 18.5 Å². The van der Waals surface area contributed by atoms with E-state index in [-0.39, 0.29) is 11.4 Å². The zero-order chi connectivity index (χ0) is 17.0. The van der Waals surface area contributed by atoms with Crippen LogP contribution in [0.1, 0.15) is 26.2 Å². The Morgan fingerprint density at radius 3 is 2.46 bits per heavy atom. The molecule has 0 radical (unpaired) electrons. The first-order chi connectivity index (χ1) is 11.6. The lowest BCUT2D eigenvalue weighted by atomic mass is 9.96. The van der Waals surface area contributed by atoms with E-state index >= 15 is 0 Å². The first-order valence-corrected chi connectivity index (χ1v) is 9.14. The van der Waals surface area contributed by atoms with Crippen LogP contribution in [0.2, 0.25) is 0 Å². The topological polar surface area (TPSA) is 61.6 Å². The fourth-order valence-electron chi connectivity index (χ4n) is 3.55. The number of anilines is 1. The van der Waals surface area contributed by atoms with Gasteiger partial charge in [-0.2, -0.15) is 0 Å². The number of nitrogens with one attached hydrogen (secondary N) is 1. The summed E-state index contributed by atoms with van der Waals surface area (Å²) < 4.78 is 0. The Labute approximate surface area is 145 Å². The predicted octanol–water partition coefficient (Wildman–Crippen LogP) is 1.44. The van der Waals surface area contributed by atoms with Gasteiger partial charge < -0.3 is 16.0 Å². The van der Waals surface area contributed by atoms with Gasteiger partial charge in [0.25, 0.3) is 0 Å². The quantitative estimate of drug-likeness (QED) is 0.794. The summed E-state index contributed by atoms with van der Waals surface area (Å²) in [6, 6.07) is 10.5. The maximum absolute atomic E-state index is 12.3. The molecule has 1 saturated carbocycles. The van der Waals surface area contributed by atoms with Gasteiger partial charge in [-0.05, 0) is 37.8 Å². The van der Waals surface area contributed by atoms with Crippen molar-refractivity contribution in [2.24, 2.45) is 11.7 Å². The van der Waals surface area contributed by atoms with Gasteiger partial charge in [0.1, 0.15) is 0 Å². The highest BCUT2D eigenvalue weighted by Crippen LogP contribution is 2.38. The van der Waals surface area contributed by atoms with E-state index in [9.17, 15) is 4.79 Å². The fraction of sp³-hybridized carbons (Fsp3) is 0.632. The number of nitrogens with two attached hydrogens (primary N) is 1. The monoisotopic (exact) mass is 330 g/mol. The van der Waals surface area contributed by atoms with Crippen LogP contribution in [0.5, 0.6) is 0 Å². The molecule has 132 valence electrons. The van der Waals surface area contributed by atoms with E-state index < -0.39 is 0 Å². The number of amides is 1. The second-order valence-electron chi connectivity index (χ2n) is 7.36. The fourth-order valence-corrected chi connectivity index (χ4v) is 3.55. The molecule has 3 rings (SSSR count). The van der Waals surface area contributed by atoms with Crippen molar-refractivity contribution < 1.29 is 4.79 Å². The molecule has 1 atom stereocenters. The number of carbonyl (C=O) groups is 1. The van der Waals surface area contributed by atoms with Crippen LogP contribution < -0.4 is 16.0 Å². The van der Waals surface area contributed by atoms with Gasteiger partial charge in [-0.1, -0.05) is 18.2 Å². The van der Waals surface area contributed by atoms with Crippen molar-refractivity contribution in [3.8, 4) is 0 Å². The zero-order valence-electron chi connectivity index (χ0n) is 14.7. The molecular weight excluding hydrogens is 300 g/mol. The average molecular weight is 330 g/mol. The van der Waals surface area contributed by atoms with Gasteiger partial charge in [-0.15, -0.1) is 0 Å². The minimum Gasteiger partial charge on any atom is -0.369 e.